The molecule has 1 atom stereocenters. The predicted octanol–water partition coefficient (Wildman–Crippen LogP) is -0.739. The van der Waals surface area contributed by atoms with Crippen molar-refractivity contribution in [3.63, 3.8) is 0 Å². The maximum atomic E-state index is 11.1. The van der Waals surface area contributed by atoms with Crippen LogP contribution in [0.4, 0.5) is 0 Å². The largest absolute Gasteiger partial charge is 0.469 e. The minimum Gasteiger partial charge on any atom is -0.469 e. The number of carbonyl (C=O) groups is 2. The number of nitrogens with one attached hydrogen (secondary N) is 1. The van der Waals surface area contributed by atoms with Gasteiger partial charge in [0.15, 0.2) is 0 Å². The zero-order chi connectivity index (χ0) is 10.3. The van der Waals surface area contributed by atoms with E-state index in [9.17, 15) is 9.59 Å². The molecule has 76 valence electrons. The second kappa shape index (κ2) is 6.42. The fourth-order valence-corrected chi connectivity index (χ4v) is 0.671. The van der Waals surface area contributed by atoms with E-state index in [-0.39, 0.29) is 24.2 Å². The maximum Gasteiger partial charge on any atom is 0.307 e. The summed E-state index contributed by atoms with van der Waals surface area (Å²) in [4.78, 5) is 21.7. The molecule has 0 radical (unpaired) electrons. The summed E-state index contributed by atoms with van der Waals surface area (Å²) >= 11 is 0. The summed E-state index contributed by atoms with van der Waals surface area (Å²) in [6, 6.07) is 0. The summed E-state index contributed by atoms with van der Waals surface area (Å²) < 4.78 is 4.40. The van der Waals surface area contributed by atoms with E-state index in [0.29, 0.717) is 13.1 Å². The molecule has 1 amide bonds. The second-order valence-corrected chi connectivity index (χ2v) is 2.75. The van der Waals surface area contributed by atoms with Gasteiger partial charge in [-0.1, -0.05) is 6.92 Å². The van der Waals surface area contributed by atoms with E-state index in [1.807, 2.05) is 0 Å². The third kappa shape index (κ3) is 5.19. The fraction of sp³-hybridized carbons (Fsp3) is 0.750. The van der Waals surface area contributed by atoms with E-state index >= 15 is 0 Å². The number of hydrogen-bond acceptors (Lipinski definition) is 4. The van der Waals surface area contributed by atoms with E-state index in [4.69, 9.17) is 5.73 Å². The Morgan fingerprint density at radius 3 is 2.62 bits per heavy atom. The van der Waals surface area contributed by atoms with Crippen molar-refractivity contribution in [1.82, 2.24) is 5.32 Å². The first-order valence-corrected chi connectivity index (χ1v) is 4.16. The first-order chi connectivity index (χ1) is 6.11. The number of hydrogen-bond donors (Lipinski definition) is 2. The summed E-state index contributed by atoms with van der Waals surface area (Å²) in [5.41, 5.74) is 5.28. The molecule has 0 saturated heterocycles. The summed E-state index contributed by atoms with van der Waals surface area (Å²) in [5, 5.41) is 2.58. The number of rotatable bonds is 5. The van der Waals surface area contributed by atoms with Crippen LogP contribution in [0, 0.1) is 5.92 Å². The number of methoxy groups -OCH3 is 1. The molecular weight excluding hydrogens is 172 g/mol. The first-order valence-electron chi connectivity index (χ1n) is 4.16. The highest BCUT2D eigenvalue weighted by Gasteiger charge is 2.10. The van der Waals surface area contributed by atoms with Gasteiger partial charge in [0.2, 0.25) is 5.91 Å². The Morgan fingerprint density at radius 1 is 1.54 bits per heavy atom. The molecular formula is C8H16N2O3. The Balaban J connectivity index is 3.53. The van der Waals surface area contributed by atoms with E-state index < -0.39 is 0 Å². The Hall–Kier alpha value is -1.10. The molecule has 0 fully saturated rings. The van der Waals surface area contributed by atoms with Gasteiger partial charge in [-0.3, -0.25) is 9.59 Å². The van der Waals surface area contributed by atoms with Gasteiger partial charge >= 0.3 is 5.97 Å². The number of esters is 1. The number of carbonyl (C=O) groups excluding carboxylic acids is 2. The van der Waals surface area contributed by atoms with Gasteiger partial charge in [0.25, 0.3) is 0 Å². The minimum atomic E-state index is -0.333. The van der Waals surface area contributed by atoms with Crippen LogP contribution >= 0.6 is 0 Å². The molecule has 0 aliphatic rings. The zero-order valence-corrected chi connectivity index (χ0v) is 8.00. The Morgan fingerprint density at radius 2 is 2.15 bits per heavy atom. The van der Waals surface area contributed by atoms with Crippen LogP contribution in [-0.4, -0.2) is 32.1 Å². The molecule has 3 N–H and O–H groups in total. The third-order valence-electron chi connectivity index (χ3n) is 1.66. The molecule has 1 unspecified atom stereocenters. The average molecular weight is 188 g/mol. The van der Waals surface area contributed by atoms with Gasteiger partial charge in [-0.2, -0.15) is 0 Å². The topological polar surface area (TPSA) is 81.4 Å². The van der Waals surface area contributed by atoms with Crippen LogP contribution in [0.3, 0.4) is 0 Å². The molecule has 0 saturated carbocycles. The molecule has 0 aliphatic heterocycles. The van der Waals surface area contributed by atoms with Crippen LogP contribution in [-0.2, 0) is 14.3 Å². The molecule has 0 heterocycles. The predicted molar refractivity (Wildman–Crippen MR) is 47.9 cm³/mol. The molecule has 0 rings (SSSR count). The highest BCUT2D eigenvalue weighted by Crippen LogP contribution is 1.90. The van der Waals surface area contributed by atoms with E-state index in [2.05, 4.69) is 10.1 Å². The van der Waals surface area contributed by atoms with Crippen molar-refractivity contribution in [1.29, 1.82) is 0 Å². The Bertz CT molecular complexity index is 182. The van der Waals surface area contributed by atoms with Gasteiger partial charge in [0, 0.05) is 19.0 Å². The highest BCUT2D eigenvalue weighted by atomic mass is 16.5. The average Bonchev–Trinajstić information content (AvgIpc) is 2.15. The number of ether oxygens (including phenoxy) is 1. The van der Waals surface area contributed by atoms with Crippen molar-refractivity contribution in [2.24, 2.45) is 11.7 Å². The van der Waals surface area contributed by atoms with Crippen molar-refractivity contribution < 1.29 is 14.3 Å². The van der Waals surface area contributed by atoms with Gasteiger partial charge in [-0.05, 0) is 0 Å². The van der Waals surface area contributed by atoms with E-state index in [1.54, 1.807) is 6.92 Å². The molecule has 0 aromatic heterocycles. The summed E-state index contributed by atoms with van der Waals surface area (Å²) in [5.74, 6) is -0.676. The van der Waals surface area contributed by atoms with Crippen LogP contribution < -0.4 is 11.1 Å². The Labute approximate surface area is 77.6 Å². The standard InChI is InChI=1S/C8H16N2O3/c1-6(5-9)8(12)10-4-3-7(11)13-2/h6H,3-5,9H2,1-2H3,(H,10,12). The molecule has 0 aliphatic carbocycles. The number of amides is 1. The van der Waals surface area contributed by atoms with E-state index in [0.717, 1.165) is 0 Å². The van der Waals surface area contributed by atoms with Crippen molar-refractivity contribution in [3.8, 4) is 0 Å². The summed E-state index contributed by atoms with van der Waals surface area (Å²) in [6.07, 6.45) is 0.194. The first kappa shape index (κ1) is 11.9. The highest BCUT2D eigenvalue weighted by molar-refractivity contribution is 5.79. The third-order valence-corrected chi connectivity index (χ3v) is 1.66. The second-order valence-electron chi connectivity index (χ2n) is 2.75. The molecule has 0 bridgehead atoms. The van der Waals surface area contributed by atoms with Crippen LogP contribution in [0.15, 0.2) is 0 Å². The molecule has 0 aromatic rings. The SMILES string of the molecule is COC(=O)CCNC(=O)C(C)CN. The Kier molecular flexibility index (Phi) is 5.88. The van der Waals surface area contributed by atoms with Crippen LogP contribution in [0.25, 0.3) is 0 Å². The van der Waals surface area contributed by atoms with Gasteiger partial charge in [-0.15, -0.1) is 0 Å². The van der Waals surface area contributed by atoms with Crippen molar-refractivity contribution in [2.75, 3.05) is 20.2 Å². The fourth-order valence-electron chi connectivity index (χ4n) is 0.671. The van der Waals surface area contributed by atoms with Gasteiger partial charge in [0.05, 0.1) is 13.5 Å². The van der Waals surface area contributed by atoms with Crippen molar-refractivity contribution in [2.45, 2.75) is 13.3 Å². The lowest BCUT2D eigenvalue weighted by molar-refractivity contribution is -0.140. The quantitative estimate of drug-likeness (QED) is 0.557. The zero-order valence-electron chi connectivity index (χ0n) is 8.00. The molecule has 5 heteroatoms. The van der Waals surface area contributed by atoms with Gasteiger partial charge < -0.3 is 15.8 Å². The lowest BCUT2D eigenvalue weighted by atomic mass is 10.2. The molecule has 13 heavy (non-hydrogen) atoms. The van der Waals surface area contributed by atoms with E-state index in [1.165, 1.54) is 7.11 Å². The van der Waals surface area contributed by atoms with Crippen molar-refractivity contribution in [3.05, 3.63) is 0 Å². The molecule has 0 aromatic carbocycles. The maximum absolute atomic E-state index is 11.1. The normalized spacial score (nSPS) is 11.9. The molecule has 0 spiro atoms. The van der Waals surface area contributed by atoms with Crippen molar-refractivity contribution >= 4 is 11.9 Å². The van der Waals surface area contributed by atoms with Crippen LogP contribution in [0.5, 0.6) is 0 Å². The summed E-state index contributed by atoms with van der Waals surface area (Å²) in [7, 11) is 1.31. The lowest BCUT2D eigenvalue weighted by Gasteiger charge is -2.08. The number of nitrogens with two attached hydrogens (primary N) is 1. The molecule has 5 nitrogen and oxygen atoms in total. The van der Waals surface area contributed by atoms with Gasteiger partial charge in [0.1, 0.15) is 0 Å². The monoisotopic (exact) mass is 188 g/mol. The lowest BCUT2D eigenvalue weighted by Crippen LogP contribution is -2.34. The minimum absolute atomic E-state index is 0.133. The van der Waals surface area contributed by atoms with Gasteiger partial charge in [-0.25, -0.2) is 0 Å². The van der Waals surface area contributed by atoms with Crippen LogP contribution in [0.1, 0.15) is 13.3 Å². The smallest absolute Gasteiger partial charge is 0.307 e. The van der Waals surface area contributed by atoms with Crippen LogP contribution in [0.2, 0.25) is 0 Å². The summed E-state index contributed by atoms with van der Waals surface area (Å²) in [6.45, 7) is 2.34.